The van der Waals surface area contributed by atoms with Gasteiger partial charge in [-0.05, 0) is 18.2 Å². The number of hydrogen-bond donors (Lipinski definition) is 3. The van der Waals surface area contributed by atoms with Gasteiger partial charge in [-0.1, -0.05) is 6.07 Å². The largest absolute Gasteiger partial charge is 0.399 e. The number of benzene rings is 1. The smallest absolute Gasteiger partial charge is 0.251 e. The van der Waals surface area contributed by atoms with Gasteiger partial charge in [0.05, 0.1) is 6.04 Å². The van der Waals surface area contributed by atoms with Crippen LogP contribution < -0.4 is 16.4 Å². The summed E-state index contributed by atoms with van der Waals surface area (Å²) in [6, 6.07) is 6.62. The van der Waals surface area contributed by atoms with Crippen LogP contribution in [0.5, 0.6) is 0 Å². The summed E-state index contributed by atoms with van der Waals surface area (Å²) in [5.74, 6) is -0.230. The molecule has 4 N–H and O–H groups in total. The van der Waals surface area contributed by atoms with Crippen LogP contribution in [0.3, 0.4) is 0 Å². The average molecular weight is 219 g/mol. The molecule has 1 fully saturated rings. The summed E-state index contributed by atoms with van der Waals surface area (Å²) in [6.45, 7) is 0.493. The van der Waals surface area contributed by atoms with Crippen molar-refractivity contribution in [3.63, 3.8) is 0 Å². The summed E-state index contributed by atoms with van der Waals surface area (Å²) in [5.41, 5.74) is 6.64. The van der Waals surface area contributed by atoms with E-state index >= 15 is 0 Å². The second-order valence-electron chi connectivity index (χ2n) is 3.80. The van der Waals surface area contributed by atoms with E-state index in [1.807, 2.05) is 0 Å². The Morgan fingerprint density at radius 1 is 1.50 bits per heavy atom. The van der Waals surface area contributed by atoms with Crippen LogP contribution in [-0.4, -0.2) is 24.4 Å². The summed E-state index contributed by atoms with van der Waals surface area (Å²) in [4.78, 5) is 22.7. The van der Waals surface area contributed by atoms with Gasteiger partial charge in [0.15, 0.2) is 0 Å². The molecule has 5 heteroatoms. The standard InChI is InChI=1S/C11H13N3O2/c12-8-3-1-2-7(4-8)11(16)14-9-5-10(15)13-6-9/h1-4,9H,5-6,12H2,(H,13,15)(H,14,16). The summed E-state index contributed by atoms with van der Waals surface area (Å²) in [5, 5.41) is 5.43. The lowest BCUT2D eigenvalue weighted by Crippen LogP contribution is -2.36. The highest BCUT2D eigenvalue weighted by Crippen LogP contribution is 2.07. The second kappa shape index (κ2) is 4.22. The van der Waals surface area contributed by atoms with Crippen molar-refractivity contribution in [3.05, 3.63) is 29.8 Å². The molecule has 5 nitrogen and oxygen atoms in total. The van der Waals surface area contributed by atoms with Crippen LogP contribution >= 0.6 is 0 Å². The third kappa shape index (κ3) is 2.31. The van der Waals surface area contributed by atoms with Gasteiger partial charge in [0, 0.05) is 24.2 Å². The highest BCUT2D eigenvalue weighted by atomic mass is 16.2. The highest BCUT2D eigenvalue weighted by molar-refractivity contribution is 5.95. The lowest BCUT2D eigenvalue weighted by atomic mass is 10.1. The quantitative estimate of drug-likeness (QED) is 0.607. The lowest BCUT2D eigenvalue weighted by Gasteiger charge is -2.10. The fourth-order valence-corrected chi connectivity index (χ4v) is 1.66. The number of carbonyl (C=O) groups excluding carboxylic acids is 2. The van der Waals surface area contributed by atoms with Crippen molar-refractivity contribution < 1.29 is 9.59 Å². The van der Waals surface area contributed by atoms with Crippen molar-refractivity contribution in [2.75, 3.05) is 12.3 Å². The Morgan fingerprint density at radius 3 is 2.94 bits per heavy atom. The zero-order valence-electron chi connectivity index (χ0n) is 8.69. The van der Waals surface area contributed by atoms with Gasteiger partial charge in [0.2, 0.25) is 5.91 Å². The molecule has 1 aliphatic rings. The zero-order valence-corrected chi connectivity index (χ0v) is 8.69. The number of nitrogen functional groups attached to an aromatic ring is 1. The van der Waals surface area contributed by atoms with Crippen LogP contribution in [0.2, 0.25) is 0 Å². The van der Waals surface area contributed by atoms with Gasteiger partial charge in [-0.2, -0.15) is 0 Å². The van der Waals surface area contributed by atoms with Crippen LogP contribution in [0.1, 0.15) is 16.8 Å². The molecular formula is C11H13N3O2. The fourth-order valence-electron chi connectivity index (χ4n) is 1.66. The normalized spacial score (nSPS) is 19.2. The first kappa shape index (κ1) is 10.5. The Hall–Kier alpha value is -2.04. The molecule has 0 radical (unpaired) electrons. The molecule has 0 aliphatic carbocycles. The molecule has 2 amide bonds. The highest BCUT2D eigenvalue weighted by Gasteiger charge is 2.23. The lowest BCUT2D eigenvalue weighted by molar-refractivity contribution is -0.119. The molecule has 1 aromatic carbocycles. The van der Waals surface area contributed by atoms with Crippen molar-refractivity contribution in [1.82, 2.24) is 10.6 Å². The minimum atomic E-state index is -0.200. The monoisotopic (exact) mass is 219 g/mol. The number of anilines is 1. The van der Waals surface area contributed by atoms with Crippen molar-refractivity contribution in [2.24, 2.45) is 0 Å². The Balaban J connectivity index is 2.00. The molecule has 1 aliphatic heterocycles. The van der Waals surface area contributed by atoms with Crippen LogP contribution in [0, 0.1) is 0 Å². The molecule has 1 atom stereocenters. The fraction of sp³-hybridized carbons (Fsp3) is 0.273. The predicted molar refractivity (Wildman–Crippen MR) is 59.7 cm³/mol. The molecule has 16 heavy (non-hydrogen) atoms. The van der Waals surface area contributed by atoms with Crippen LogP contribution in [0.25, 0.3) is 0 Å². The van der Waals surface area contributed by atoms with Gasteiger partial charge < -0.3 is 16.4 Å². The molecule has 0 spiro atoms. The van der Waals surface area contributed by atoms with E-state index in [4.69, 9.17) is 5.73 Å². The predicted octanol–water partition coefficient (Wildman–Crippen LogP) is -0.113. The van der Waals surface area contributed by atoms with E-state index in [1.165, 1.54) is 0 Å². The van der Waals surface area contributed by atoms with E-state index in [2.05, 4.69) is 10.6 Å². The molecule has 2 rings (SSSR count). The van der Waals surface area contributed by atoms with Gasteiger partial charge in [-0.15, -0.1) is 0 Å². The van der Waals surface area contributed by atoms with E-state index in [9.17, 15) is 9.59 Å². The second-order valence-corrected chi connectivity index (χ2v) is 3.80. The molecule has 1 heterocycles. The van der Waals surface area contributed by atoms with Crippen molar-refractivity contribution in [2.45, 2.75) is 12.5 Å². The van der Waals surface area contributed by atoms with Gasteiger partial charge in [0.25, 0.3) is 5.91 Å². The van der Waals surface area contributed by atoms with E-state index in [-0.39, 0.29) is 17.9 Å². The van der Waals surface area contributed by atoms with Crippen LogP contribution in [0.4, 0.5) is 5.69 Å². The number of carbonyl (C=O) groups is 2. The molecular weight excluding hydrogens is 206 g/mol. The van der Waals surface area contributed by atoms with E-state index in [0.29, 0.717) is 24.2 Å². The average Bonchev–Trinajstić information content (AvgIpc) is 2.64. The van der Waals surface area contributed by atoms with E-state index in [0.717, 1.165) is 0 Å². The Labute approximate surface area is 93.0 Å². The first-order valence-electron chi connectivity index (χ1n) is 5.08. The maximum Gasteiger partial charge on any atom is 0.251 e. The minimum absolute atomic E-state index is 0.0297. The topological polar surface area (TPSA) is 84.2 Å². The molecule has 1 aromatic rings. The molecule has 0 bridgehead atoms. The van der Waals surface area contributed by atoms with E-state index < -0.39 is 0 Å². The molecule has 1 unspecified atom stereocenters. The maximum atomic E-state index is 11.8. The molecule has 1 saturated heterocycles. The Morgan fingerprint density at radius 2 is 2.31 bits per heavy atom. The maximum absolute atomic E-state index is 11.8. The number of amides is 2. The van der Waals surface area contributed by atoms with Crippen molar-refractivity contribution in [1.29, 1.82) is 0 Å². The molecule has 84 valence electrons. The third-order valence-corrected chi connectivity index (χ3v) is 2.46. The third-order valence-electron chi connectivity index (χ3n) is 2.46. The number of nitrogens with one attached hydrogen (secondary N) is 2. The van der Waals surface area contributed by atoms with Gasteiger partial charge >= 0.3 is 0 Å². The first-order chi connectivity index (χ1) is 7.65. The van der Waals surface area contributed by atoms with Crippen molar-refractivity contribution >= 4 is 17.5 Å². The summed E-state index contributed by atoms with van der Waals surface area (Å²) in [7, 11) is 0. The van der Waals surface area contributed by atoms with Crippen LogP contribution in [0.15, 0.2) is 24.3 Å². The Kier molecular flexibility index (Phi) is 2.76. The van der Waals surface area contributed by atoms with E-state index in [1.54, 1.807) is 24.3 Å². The summed E-state index contributed by atoms with van der Waals surface area (Å²) in [6.07, 6.45) is 0.341. The number of nitrogens with two attached hydrogens (primary N) is 1. The first-order valence-corrected chi connectivity index (χ1v) is 5.08. The SMILES string of the molecule is Nc1cccc(C(=O)NC2CNC(=O)C2)c1. The zero-order chi connectivity index (χ0) is 11.5. The summed E-state index contributed by atoms with van der Waals surface area (Å²) >= 11 is 0. The minimum Gasteiger partial charge on any atom is -0.399 e. The number of hydrogen-bond acceptors (Lipinski definition) is 3. The molecule has 0 aromatic heterocycles. The number of rotatable bonds is 2. The van der Waals surface area contributed by atoms with Gasteiger partial charge in [0.1, 0.15) is 0 Å². The van der Waals surface area contributed by atoms with Crippen LogP contribution in [-0.2, 0) is 4.79 Å². The van der Waals surface area contributed by atoms with Gasteiger partial charge in [-0.25, -0.2) is 0 Å². The summed E-state index contributed by atoms with van der Waals surface area (Å²) < 4.78 is 0. The van der Waals surface area contributed by atoms with Gasteiger partial charge in [-0.3, -0.25) is 9.59 Å². The molecule has 0 saturated carbocycles. The Bertz CT molecular complexity index is 431. The van der Waals surface area contributed by atoms with Crippen molar-refractivity contribution in [3.8, 4) is 0 Å².